The van der Waals surface area contributed by atoms with E-state index in [1.807, 2.05) is 0 Å². The second-order valence-corrected chi connectivity index (χ2v) is 5.23. The fraction of sp³-hybridized carbons (Fsp3) is 0. The fourth-order valence-electron chi connectivity index (χ4n) is 2.16. The Balaban J connectivity index is 1.78. The largest absolute Gasteiger partial charge is 0.507 e. The van der Waals surface area contributed by atoms with Crippen LogP contribution in [-0.2, 0) is 0 Å². The minimum absolute atomic E-state index is 0.0600. The number of nitrogens with zero attached hydrogens (tertiary/aromatic N) is 1. The number of carbonyl (C=O) groups excluding carboxylic acids is 1. The van der Waals surface area contributed by atoms with Crippen LogP contribution in [0.15, 0.2) is 72.8 Å². The van der Waals surface area contributed by atoms with E-state index in [9.17, 15) is 20.0 Å². The first-order valence-corrected chi connectivity index (χ1v) is 7.55. The lowest BCUT2D eigenvalue weighted by molar-refractivity contribution is -0.384. The van der Waals surface area contributed by atoms with Gasteiger partial charge in [-0.25, -0.2) is 4.79 Å². The van der Waals surface area contributed by atoms with Crippen LogP contribution in [-0.4, -0.2) is 16.0 Å². The molecule has 0 saturated carbocycles. The van der Waals surface area contributed by atoms with Gasteiger partial charge in [-0.2, -0.15) is 0 Å². The van der Waals surface area contributed by atoms with Gasteiger partial charge in [0.05, 0.1) is 4.92 Å². The Kier molecular flexibility index (Phi) is 4.80. The molecule has 0 atom stereocenters. The van der Waals surface area contributed by atoms with Crippen LogP contribution in [0.5, 0.6) is 23.0 Å². The maximum absolute atomic E-state index is 12.2. The molecule has 1 N–H and O–H groups in total. The number of hydrogen-bond acceptors (Lipinski definition) is 6. The van der Waals surface area contributed by atoms with Crippen LogP contribution < -0.4 is 9.47 Å². The van der Waals surface area contributed by atoms with E-state index < -0.39 is 10.9 Å². The Hall–Kier alpha value is -3.87. The zero-order valence-corrected chi connectivity index (χ0v) is 13.4. The van der Waals surface area contributed by atoms with Crippen LogP contribution >= 0.6 is 0 Å². The predicted molar refractivity (Wildman–Crippen MR) is 92.7 cm³/mol. The number of rotatable bonds is 5. The van der Waals surface area contributed by atoms with Crippen molar-refractivity contribution in [3.05, 3.63) is 88.5 Å². The van der Waals surface area contributed by atoms with Crippen LogP contribution in [0.1, 0.15) is 10.4 Å². The molecule has 26 heavy (non-hydrogen) atoms. The summed E-state index contributed by atoms with van der Waals surface area (Å²) < 4.78 is 10.8. The molecule has 0 spiro atoms. The van der Waals surface area contributed by atoms with Crippen molar-refractivity contribution in [2.45, 2.75) is 0 Å². The molecule has 7 nitrogen and oxygen atoms in total. The van der Waals surface area contributed by atoms with Crippen molar-refractivity contribution in [1.29, 1.82) is 0 Å². The minimum Gasteiger partial charge on any atom is -0.507 e. The van der Waals surface area contributed by atoms with E-state index in [0.29, 0.717) is 11.5 Å². The van der Waals surface area contributed by atoms with E-state index in [-0.39, 0.29) is 22.7 Å². The standard InChI is InChI=1S/C19H13NO6/c21-18-11-10-16(25-15-8-6-13(7-9-15)20(23)24)12-17(18)19(22)26-14-4-2-1-3-5-14/h1-12,21H. The number of benzene rings is 3. The summed E-state index contributed by atoms with van der Waals surface area (Å²) in [5.74, 6) is -0.0104. The third kappa shape index (κ3) is 3.96. The number of nitro benzene ring substituents is 1. The first-order valence-electron chi connectivity index (χ1n) is 7.55. The van der Waals surface area contributed by atoms with Crippen molar-refractivity contribution in [3.8, 4) is 23.0 Å². The lowest BCUT2D eigenvalue weighted by atomic mass is 10.2. The highest BCUT2D eigenvalue weighted by atomic mass is 16.6. The van der Waals surface area contributed by atoms with Gasteiger partial charge >= 0.3 is 5.97 Å². The molecule has 0 aliphatic rings. The number of carbonyl (C=O) groups is 1. The molecule has 0 saturated heterocycles. The molecule has 7 heteroatoms. The average Bonchev–Trinajstić information content (AvgIpc) is 2.64. The van der Waals surface area contributed by atoms with Gasteiger partial charge in [-0.1, -0.05) is 18.2 Å². The van der Waals surface area contributed by atoms with Crippen LogP contribution in [0.4, 0.5) is 5.69 Å². The number of para-hydroxylation sites is 1. The lowest BCUT2D eigenvalue weighted by Gasteiger charge is -2.09. The van der Waals surface area contributed by atoms with Gasteiger partial charge in [-0.15, -0.1) is 0 Å². The number of phenolic OH excluding ortho intramolecular Hbond substituents is 1. The van der Waals surface area contributed by atoms with E-state index in [2.05, 4.69) is 0 Å². The summed E-state index contributed by atoms with van der Waals surface area (Å²) in [4.78, 5) is 22.4. The Bertz CT molecular complexity index is 938. The van der Waals surface area contributed by atoms with E-state index in [0.717, 1.165) is 0 Å². The monoisotopic (exact) mass is 351 g/mol. The normalized spacial score (nSPS) is 10.2. The summed E-state index contributed by atoms with van der Waals surface area (Å²) in [5, 5.41) is 20.6. The van der Waals surface area contributed by atoms with Crippen LogP contribution in [0, 0.1) is 10.1 Å². The molecular formula is C19H13NO6. The Labute approximate surface area is 148 Å². The Morgan fingerprint density at radius 2 is 1.54 bits per heavy atom. The number of hydrogen-bond donors (Lipinski definition) is 1. The van der Waals surface area contributed by atoms with Gasteiger partial charge in [0.15, 0.2) is 0 Å². The molecule has 0 fully saturated rings. The Morgan fingerprint density at radius 1 is 0.885 bits per heavy atom. The first kappa shape index (κ1) is 17.0. The second kappa shape index (κ2) is 7.35. The van der Waals surface area contributed by atoms with Crippen molar-refractivity contribution < 1.29 is 24.3 Å². The van der Waals surface area contributed by atoms with Gasteiger partial charge < -0.3 is 14.6 Å². The van der Waals surface area contributed by atoms with Crippen molar-refractivity contribution >= 4 is 11.7 Å². The second-order valence-electron chi connectivity index (χ2n) is 5.23. The number of esters is 1. The SMILES string of the molecule is O=C(Oc1ccccc1)c1cc(Oc2ccc([N+](=O)[O-])cc2)ccc1O. The molecule has 0 bridgehead atoms. The molecule has 130 valence electrons. The quantitative estimate of drug-likeness (QED) is 0.318. The molecule has 0 aliphatic carbocycles. The topological polar surface area (TPSA) is 98.9 Å². The first-order chi connectivity index (χ1) is 12.5. The van der Waals surface area contributed by atoms with Crippen molar-refractivity contribution in [1.82, 2.24) is 0 Å². The third-order valence-electron chi connectivity index (χ3n) is 3.42. The van der Waals surface area contributed by atoms with Gasteiger partial charge in [0.1, 0.15) is 28.6 Å². The molecule has 0 aliphatic heterocycles. The molecule has 0 heterocycles. The highest BCUT2D eigenvalue weighted by molar-refractivity contribution is 5.94. The number of nitro groups is 1. The summed E-state index contributed by atoms with van der Waals surface area (Å²) >= 11 is 0. The molecule has 0 aromatic heterocycles. The summed E-state index contributed by atoms with van der Waals surface area (Å²) in [5.41, 5.74) is -0.122. The summed E-state index contributed by atoms with van der Waals surface area (Å²) in [7, 11) is 0. The van der Waals surface area contributed by atoms with Gasteiger partial charge in [0.2, 0.25) is 0 Å². The molecule has 3 rings (SSSR count). The smallest absolute Gasteiger partial charge is 0.347 e. The summed E-state index contributed by atoms with van der Waals surface area (Å²) in [6.07, 6.45) is 0. The maximum atomic E-state index is 12.2. The molecule has 0 radical (unpaired) electrons. The Morgan fingerprint density at radius 3 is 2.19 bits per heavy atom. The van der Waals surface area contributed by atoms with Gasteiger partial charge in [0, 0.05) is 12.1 Å². The van der Waals surface area contributed by atoms with Crippen LogP contribution in [0.3, 0.4) is 0 Å². The van der Waals surface area contributed by atoms with E-state index >= 15 is 0 Å². The number of phenols is 1. The number of aromatic hydroxyl groups is 1. The lowest BCUT2D eigenvalue weighted by Crippen LogP contribution is -2.08. The summed E-state index contributed by atoms with van der Waals surface area (Å²) in [6, 6.07) is 18.1. The molecule has 0 amide bonds. The minimum atomic E-state index is -0.733. The summed E-state index contributed by atoms with van der Waals surface area (Å²) in [6.45, 7) is 0. The highest BCUT2D eigenvalue weighted by Crippen LogP contribution is 2.29. The van der Waals surface area contributed by atoms with E-state index in [1.165, 1.54) is 42.5 Å². The predicted octanol–water partition coefficient (Wildman–Crippen LogP) is 4.31. The van der Waals surface area contributed by atoms with Crippen LogP contribution in [0.2, 0.25) is 0 Å². The van der Waals surface area contributed by atoms with E-state index in [1.54, 1.807) is 30.3 Å². The molecule has 3 aromatic rings. The van der Waals surface area contributed by atoms with E-state index in [4.69, 9.17) is 9.47 Å². The van der Waals surface area contributed by atoms with Gasteiger partial charge in [-0.05, 0) is 42.5 Å². The zero-order valence-electron chi connectivity index (χ0n) is 13.4. The van der Waals surface area contributed by atoms with Gasteiger partial charge in [0.25, 0.3) is 5.69 Å². The third-order valence-corrected chi connectivity index (χ3v) is 3.42. The number of non-ortho nitro benzene ring substituents is 1. The maximum Gasteiger partial charge on any atom is 0.347 e. The average molecular weight is 351 g/mol. The zero-order chi connectivity index (χ0) is 18.5. The molecule has 3 aromatic carbocycles. The van der Waals surface area contributed by atoms with Crippen molar-refractivity contribution in [3.63, 3.8) is 0 Å². The van der Waals surface area contributed by atoms with Crippen molar-refractivity contribution in [2.24, 2.45) is 0 Å². The fourth-order valence-corrected chi connectivity index (χ4v) is 2.16. The highest BCUT2D eigenvalue weighted by Gasteiger charge is 2.15. The number of ether oxygens (including phenoxy) is 2. The van der Waals surface area contributed by atoms with Crippen LogP contribution in [0.25, 0.3) is 0 Å². The molecule has 0 unspecified atom stereocenters. The van der Waals surface area contributed by atoms with Gasteiger partial charge in [-0.3, -0.25) is 10.1 Å². The molecular weight excluding hydrogens is 338 g/mol. The van der Waals surface area contributed by atoms with Crippen molar-refractivity contribution in [2.75, 3.05) is 0 Å².